The highest BCUT2D eigenvalue weighted by atomic mass is 16.6. The number of ether oxygens (including phenoxy) is 2. The van der Waals surface area contributed by atoms with Gasteiger partial charge in [-0.05, 0) is 45.0 Å². The minimum atomic E-state index is -0.467. The van der Waals surface area contributed by atoms with Gasteiger partial charge < -0.3 is 19.8 Å². The first-order valence-corrected chi connectivity index (χ1v) is 8.99. The number of hydrogen-bond acceptors (Lipinski definition) is 4. The Morgan fingerprint density at radius 2 is 1.89 bits per heavy atom. The van der Waals surface area contributed by atoms with Crippen molar-refractivity contribution in [1.29, 1.82) is 0 Å². The number of nitrogens with two attached hydrogens (primary N) is 1. The Bertz CT molecular complexity index is 959. The summed E-state index contributed by atoms with van der Waals surface area (Å²) >= 11 is 0. The van der Waals surface area contributed by atoms with Crippen LogP contribution in [0.4, 0.5) is 16.2 Å². The number of benzene rings is 2. The van der Waals surface area contributed by atoms with Crippen LogP contribution in [-0.4, -0.2) is 23.4 Å². The Morgan fingerprint density at radius 3 is 2.52 bits per heavy atom. The smallest absolute Gasteiger partial charge is 0.411 e. The lowest BCUT2D eigenvalue weighted by Crippen LogP contribution is -2.17. The maximum atomic E-state index is 11.7. The van der Waals surface area contributed by atoms with Gasteiger partial charge in [-0.1, -0.05) is 12.1 Å². The highest BCUT2D eigenvalue weighted by molar-refractivity contribution is 6.01. The van der Waals surface area contributed by atoms with Crippen LogP contribution in [0.3, 0.4) is 0 Å². The van der Waals surface area contributed by atoms with E-state index in [1.54, 1.807) is 0 Å². The van der Waals surface area contributed by atoms with E-state index < -0.39 is 6.09 Å². The predicted molar refractivity (Wildman–Crippen MR) is 109 cm³/mol. The van der Waals surface area contributed by atoms with Crippen LogP contribution in [0.25, 0.3) is 22.2 Å². The molecule has 0 unspecified atom stereocenters. The topological polar surface area (TPSA) is 78.5 Å². The van der Waals surface area contributed by atoms with Crippen LogP contribution < -0.4 is 15.8 Å². The van der Waals surface area contributed by atoms with E-state index in [1.165, 1.54) is 0 Å². The number of aromatic nitrogens is 1. The summed E-state index contributed by atoms with van der Waals surface area (Å²) in [5, 5.41) is 3.70. The number of hydrogen-bond donors (Lipinski definition) is 2. The Kier molecular flexibility index (Phi) is 5.26. The number of anilines is 2. The SMILES string of the molecule is CCOc1ccc2c(N)c(-c3ccc(NC(=O)OC(C)C)cc3)n(C)c2c1. The minimum absolute atomic E-state index is 0.165. The van der Waals surface area contributed by atoms with Gasteiger partial charge >= 0.3 is 6.09 Å². The maximum absolute atomic E-state index is 11.7. The molecule has 0 atom stereocenters. The molecule has 1 heterocycles. The van der Waals surface area contributed by atoms with E-state index in [0.717, 1.165) is 33.6 Å². The molecule has 142 valence electrons. The number of carbonyl (C=O) groups is 1. The minimum Gasteiger partial charge on any atom is -0.494 e. The largest absolute Gasteiger partial charge is 0.494 e. The average molecular weight is 367 g/mol. The lowest BCUT2D eigenvalue weighted by Gasteiger charge is -2.11. The van der Waals surface area contributed by atoms with Crippen molar-refractivity contribution in [2.24, 2.45) is 7.05 Å². The van der Waals surface area contributed by atoms with Gasteiger partial charge in [-0.15, -0.1) is 0 Å². The molecule has 3 aromatic rings. The summed E-state index contributed by atoms with van der Waals surface area (Å²) in [6.07, 6.45) is -0.633. The van der Waals surface area contributed by atoms with Gasteiger partial charge in [-0.3, -0.25) is 5.32 Å². The first-order valence-electron chi connectivity index (χ1n) is 8.99. The molecule has 0 saturated carbocycles. The van der Waals surface area contributed by atoms with Crippen LogP contribution in [0.15, 0.2) is 42.5 Å². The van der Waals surface area contributed by atoms with Gasteiger partial charge in [0.05, 0.1) is 29.6 Å². The number of carbonyl (C=O) groups excluding carboxylic acids is 1. The molecule has 0 spiro atoms. The normalized spacial score (nSPS) is 11.0. The third-order valence-electron chi connectivity index (χ3n) is 4.27. The second-order valence-electron chi connectivity index (χ2n) is 6.59. The van der Waals surface area contributed by atoms with E-state index in [4.69, 9.17) is 15.2 Å². The van der Waals surface area contributed by atoms with E-state index in [2.05, 4.69) is 9.88 Å². The van der Waals surface area contributed by atoms with Crippen molar-refractivity contribution in [2.75, 3.05) is 17.7 Å². The van der Waals surface area contributed by atoms with Crippen LogP contribution >= 0.6 is 0 Å². The van der Waals surface area contributed by atoms with Crippen LogP contribution in [0.5, 0.6) is 5.75 Å². The second-order valence-corrected chi connectivity index (χ2v) is 6.59. The molecule has 6 nitrogen and oxygen atoms in total. The molecule has 0 saturated heterocycles. The van der Waals surface area contributed by atoms with E-state index in [0.29, 0.717) is 12.3 Å². The number of fused-ring (bicyclic) bond motifs is 1. The van der Waals surface area contributed by atoms with E-state index >= 15 is 0 Å². The molecule has 0 aliphatic rings. The van der Waals surface area contributed by atoms with Crippen molar-refractivity contribution < 1.29 is 14.3 Å². The monoisotopic (exact) mass is 367 g/mol. The predicted octanol–water partition coefficient (Wildman–Crippen LogP) is 4.78. The van der Waals surface area contributed by atoms with Gasteiger partial charge in [-0.25, -0.2) is 4.79 Å². The zero-order chi connectivity index (χ0) is 19.6. The standard InChI is InChI=1S/C21H25N3O3/c1-5-26-16-10-11-17-18(12-16)24(4)20(19(17)22)14-6-8-15(9-7-14)23-21(25)27-13(2)3/h6-13H,5,22H2,1-4H3,(H,23,25). The van der Waals surface area contributed by atoms with Crippen molar-refractivity contribution in [1.82, 2.24) is 4.57 Å². The van der Waals surface area contributed by atoms with Gasteiger partial charge in [-0.2, -0.15) is 0 Å². The summed E-state index contributed by atoms with van der Waals surface area (Å²) in [4.78, 5) is 11.7. The average Bonchev–Trinajstić information content (AvgIpc) is 2.86. The summed E-state index contributed by atoms with van der Waals surface area (Å²) < 4.78 is 12.7. The molecule has 0 aliphatic carbocycles. The molecule has 6 heteroatoms. The number of rotatable bonds is 5. The Labute approximate surface area is 158 Å². The van der Waals surface area contributed by atoms with Gasteiger partial charge in [0.25, 0.3) is 0 Å². The van der Waals surface area contributed by atoms with Crippen LogP contribution in [0.1, 0.15) is 20.8 Å². The summed E-state index contributed by atoms with van der Waals surface area (Å²) in [6.45, 7) is 6.19. The van der Waals surface area contributed by atoms with E-state index in [-0.39, 0.29) is 6.10 Å². The van der Waals surface area contributed by atoms with Gasteiger partial charge in [0, 0.05) is 29.8 Å². The summed E-state index contributed by atoms with van der Waals surface area (Å²) in [5.41, 5.74) is 10.7. The summed E-state index contributed by atoms with van der Waals surface area (Å²) in [6, 6.07) is 13.4. The lowest BCUT2D eigenvalue weighted by atomic mass is 10.1. The van der Waals surface area contributed by atoms with Crippen molar-refractivity contribution in [2.45, 2.75) is 26.9 Å². The molecule has 0 bridgehead atoms. The molecular weight excluding hydrogens is 342 g/mol. The first-order chi connectivity index (χ1) is 12.9. The van der Waals surface area contributed by atoms with Crippen LogP contribution in [-0.2, 0) is 11.8 Å². The molecule has 2 aromatic carbocycles. The fourth-order valence-corrected chi connectivity index (χ4v) is 3.12. The molecular formula is C21H25N3O3. The maximum Gasteiger partial charge on any atom is 0.411 e. The lowest BCUT2D eigenvalue weighted by molar-refractivity contribution is 0.130. The Morgan fingerprint density at radius 1 is 1.19 bits per heavy atom. The summed E-state index contributed by atoms with van der Waals surface area (Å²) in [5.74, 6) is 0.820. The van der Waals surface area contributed by atoms with Gasteiger partial charge in [0.15, 0.2) is 0 Å². The molecule has 0 radical (unpaired) electrons. The van der Waals surface area contributed by atoms with E-state index in [9.17, 15) is 4.79 Å². The molecule has 0 fully saturated rings. The zero-order valence-corrected chi connectivity index (χ0v) is 16.1. The molecule has 3 rings (SSSR count). The Hall–Kier alpha value is -3.15. The molecule has 1 amide bonds. The molecule has 27 heavy (non-hydrogen) atoms. The third kappa shape index (κ3) is 3.84. The fraction of sp³-hybridized carbons (Fsp3) is 0.286. The van der Waals surface area contributed by atoms with Crippen molar-refractivity contribution in [3.05, 3.63) is 42.5 Å². The highest BCUT2D eigenvalue weighted by Crippen LogP contribution is 2.37. The number of nitrogens with one attached hydrogen (secondary N) is 1. The number of aryl methyl sites for hydroxylation is 1. The van der Waals surface area contributed by atoms with E-state index in [1.807, 2.05) is 70.3 Å². The molecule has 0 aliphatic heterocycles. The Balaban J connectivity index is 1.92. The third-order valence-corrected chi connectivity index (χ3v) is 4.27. The number of nitrogens with zero attached hydrogens (tertiary/aromatic N) is 1. The quantitative estimate of drug-likeness (QED) is 0.680. The fourth-order valence-electron chi connectivity index (χ4n) is 3.12. The van der Waals surface area contributed by atoms with Crippen molar-refractivity contribution >= 4 is 28.4 Å². The number of nitrogen functional groups attached to an aromatic ring is 1. The summed E-state index contributed by atoms with van der Waals surface area (Å²) in [7, 11) is 1.98. The van der Waals surface area contributed by atoms with Gasteiger partial charge in [0.1, 0.15) is 5.75 Å². The van der Waals surface area contributed by atoms with Crippen molar-refractivity contribution in [3.63, 3.8) is 0 Å². The second kappa shape index (κ2) is 7.61. The highest BCUT2D eigenvalue weighted by Gasteiger charge is 2.15. The van der Waals surface area contributed by atoms with Crippen LogP contribution in [0, 0.1) is 0 Å². The zero-order valence-electron chi connectivity index (χ0n) is 16.1. The first kappa shape index (κ1) is 18.6. The number of amides is 1. The molecule has 3 N–H and O–H groups in total. The van der Waals surface area contributed by atoms with Crippen molar-refractivity contribution in [3.8, 4) is 17.0 Å². The molecule has 1 aromatic heterocycles. The van der Waals surface area contributed by atoms with Gasteiger partial charge in [0.2, 0.25) is 0 Å². The van der Waals surface area contributed by atoms with Crippen LogP contribution in [0.2, 0.25) is 0 Å².